The van der Waals surface area contributed by atoms with Gasteiger partial charge in [-0.3, -0.25) is 9.36 Å². The quantitative estimate of drug-likeness (QED) is 0.360. The lowest BCUT2D eigenvalue weighted by molar-refractivity contribution is -0.139. The lowest BCUT2D eigenvalue weighted by atomic mass is 9.96. The van der Waals surface area contributed by atoms with E-state index in [0.29, 0.717) is 25.6 Å². The Balaban J connectivity index is 1.70. The van der Waals surface area contributed by atoms with Crippen LogP contribution < -0.4 is 14.9 Å². The van der Waals surface area contributed by atoms with Gasteiger partial charge in [-0.05, 0) is 63.6 Å². The molecule has 0 fully saturated rings. The summed E-state index contributed by atoms with van der Waals surface area (Å²) in [4.78, 5) is 32.0. The first-order chi connectivity index (χ1) is 17.8. The van der Waals surface area contributed by atoms with E-state index in [2.05, 4.69) is 4.99 Å². The van der Waals surface area contributed by atoms with Gasteiger partial charge in [0.25, 0.3) is 5.56 Å². The first kappa shape index (κ1) is 24.9. The number of para-hydroxylation sites is 1. The van der Waals surface area contributed by atoms with E-state index in [1.807, 2.05) is 67.1 Å². The molecule has 0 bridgehead atoms. The zero-order valence-electron chi connectivity index (χ0n) is 20.9. The molecular formula is C28H25ClN4O3S. The predicted octanol–water partition coefficient (Wildman–Crippen LogP) is 4.25. The number of carbonyl (C=O) groups is 1. The van der Waals surface area contributed by atoms with Gasteiger partial charge in [0, 0.05) is 16.3 Å². The lowest BCUT2D eigenvalue weighted by Crippen LogP contribution is -2.39. The lowest BCUT2D eigenvalue weighted by Gasteiger charge is -2.24. The number of nitrogens with zero attached hydrogens (tertiary/aromatic N) is 4. The monoisotopic (exact) mass is 532 g/mol. The number of carbonyl (C=O) groups excluding carboxylic acids is 1. The van der Waals surface area contributed by atoms with Gasteiger partial charge in [0.15, 0.2) is 4.80 Å². The van der Waals surface area contributed by atoms with Crippen molar-refractivity contribution >= 4 is 35.0 Å². The maximum Gasteiger partial charge on any atom is 0.338 e. The van der Waals surface area contributed by atoms with E-state index < -0.39 is 12.0 Å². The summed E-state index contributed by atoms with van der Waals surface area (Å²) in [6.45, 7) is 7.65. The van der Waals surface area contributed by atoms with Crippen molar-refractivity contribution in [3.8, 4) is 5.69 Å². The van der Waals surface area contributed by atoms with E-state index in [1.54, 1.807) is 30.5 Å². The van der Waals surface area contributed by atoms with Gasteiger partial charge in [-0.1, -0.05) is 53.3 Å². The number of esters is 1. The number of allylic oxidation sites excluding steroid dienone is 1. The third-order valence-corrected chi connectivity index (χ3v) is 7.56. The van der Waals surface area contributed by atoms with Crippen molar-refractivity contribution in [2.45, 2.75) is 33.7 Å². The molecule has 0 saturated carbocycles. The Morgan fingerprint density at radius 1 is 1.11 bits per heavy atom. The van der Waals surface area contributed by atoms with E-state index in [9.17, 15) is 9.59 Å². The van der Waals surface area contributed by atoms with Crippen LogP contribution in [0, 0.1) is 13.8 Å². The average Bonchev–Trinajstić information content (AvgIpc) is 3.34. The van der Waals surface area contributed by atoms with Gasteiger partial charge >= 0.3 is 5.97 Å². The van der Waals surface area contributed by atoms with Gasteiger partial charge in [0.2, 0.25) is 0 Å². The molecule has 0 N–H and O–H groups in total. The molecule has 2 aromatic heterocycles. The van der Waals surface area contributed by atoms with E-state index >= 15 is 0 Å². The fourth-order valence-corrected chi connectivity index (χ4v) is 5.72. The summed E-state index contributed by atoms with van der Waals surface area (Å²) in [6, 6.07) is 16.3. The Labute approximate surface area is 222 Å². The van der Waals surface area contributed by atoms with Crippen molar-refractivity contribution < 1.29 is 9.53 Å². The highest BCUT2D eigenvalue weighted by atomic mass is 35.5. The second kappa shape index (κ2) is 9.95. The SMILES string of the molecule is CCOC(=O)C1=C(C)N=c2sc(=Cc3c(C)nn(-c4ccccc4)c3C)c(=O)n2[C@@H]1c1ccc(Cl)cc1. The fourth-order valence-electron chi connectivity index (χ4n) is 4.57. The van der Waals surface area contributed by atoms with Crippen LogP contribution in [0.2, 0.25) is 5.02 Å². The van der Waals surface area contributed by atoms with Crippen LogP contribution in [0.5, 0.6) is 0 Å². The standard InChI is InChI=1S/C28H25ClN4O3S/c1-5-36-27(35)24-17(3)30-28-32(25(24)19-11-13-20(29)14-12-19)26(34)23(37-28)15-22-16(2)31-33(18(22)4)21-9-7-6-8-10-21/h6-15,25H,5H2,1-4H3/t25-/m1/s1. The van der Waals surface area contributed by atoms with Crippen molar-refractivity contribution in [2.24, 2.45) is 4.99 Å². The maximum atomic E-state index is 13.9. The number of hydrogen-bond acceptors (Lipinski definition) is 6. The van der Waals surface area contributed by atoms with Crippen LogP contribution in [0.4, 0.5) is 0 Å². The van der Waals surface area contributed by atoms with Gasteiger partial charge in [0.05, 0.1) is 39.8 Å². The Morgan fingerprint density at radius 2 is 1.81 bits per heavy atom. The van der Waals surface area contributed by atoms with Crippen molar-refractivity contribution in [3.63, 3.8) is 0 Å². The van der Waals surface area contributed by atoms with Crippen LogP contribution in [0.1, 0.15) is 42.4 Å². The molecule has 9 heteroatoms. The number of aryl methyl sites for hydroxylation is 1. The highest BCUT2D eigenvalue weighted by Crippen LogP contribution is 2.31. The Kier molecular flexibility index (Phi) is 6.70. The van der Waals surface area contributed by atoms with E-state index in [-0.39, 0.29) is 12.2 Å². The summed E-state index contributed by atoms with van der Waals surface area (Å²) >= 11 is 7.42. The Bertz CT molecular complexity index is 1710. The molecule has 3 heterocycles. The van der Waals surface area contributed by atoms with Crippen molar-refractivity contribution in [3.05, 3.63) is 113 Å². The van der Waals surface area contributed by atoms with Gasteiger partial charge < -0.3 is 4.74 Å². The molecule has 1 aliphatic rings. The normalized spacial score (nSPS) is 15.5. The van der Waals surface area contributed by atoms with E-state index in [0.717, 1.165) is 28.2 Å². The molecule has 0 spiro atoms. The second-order valence-corrected chi connectivity index (χ2v) is 10.1. The molecule has 0 saturated heterocycles. The number of halogens is 1. The minimum atomic E-state index is -0.677. The zero-order chi connectivity index (χ0) is 26.3. The molecule has 1 atom stereocenters. The molecule has 4 aromatic rings. The van der Waals surface area contributed by atoms with Crippen LogP contribution >= 0.6 is 22.9 Å². The summed E-state index contributed by atoms with van der Waals surface area (Å²) in [5.74, 6) is -0.492. The van der Waals surface area contributed by atoms with Crippen molar-refractivity contribution in [2.75, 3.05) is 6.61 Å². The number of thiazole rings is 1. The highest BCUT2D eigenvalue weighted by Gasteiger charge is 2.33. The van der Waals surface area contributed by atoms with Crippen molar-refractivity contribution in [1.82, 2.24) is 14.3 Å². The Morgan fingerprint density at radius 3 is 2.49 bits per heavy atom. The minimum absolute atomic E-state index is 0.220. The van der Waals surface area contributed by atoms with Crippen LogP contribution in [-0.2, 0) is 9.53 Å². The maximum absolute atomic E-state index is 13.9. The molecular weight excluding hydrogens is 508 g/mol. The summed E-state index contributed by atoms with van der Waals surface area (Å²) in [6.07, 6.45) is 1.86. The number of rotatable bonds is 5. The van der Waals surface area contributed by atoms with Crippen molar-refractivity contribution in [1.29, 1.82) is 0 Å². The van der Waals surface area contributed by atoms with Crippen LogP contribution in [-0.4, -0.2) is 26.9 Å². The average molecular weight is 533 g/mol. The molecule has 5 rings (SSSR count). The second-order valence-electron chi connectivity index (χ2n) is 8.69. The number of ether oxygens (including phenoxy) is 1. The topological polar surface area (TPSA) is 78.5 Å². The first-order valence-electron chi connectivity index (χ1n) is 11.9. The van der Waals surface area contributed by atoms with Crippen LogP contribution in [0.3, 0.4) is 0 Å². The molecule has 0 radical (unpaired) electrons. The summed E-state index contributed by atoms with van der Waals surface area (Å²) < 4.78 is 9.30. The van der Waals surface area contributed by atoms with Gasteiger partial charge in [0.1, 0.15) is 0 Å². The number of aromatic nitrogens is 3. The highest BCUT2D eigenvalue weighted by molar-refractivity contribution is 7.07. The summed E-state index contributed by atoms with van der Waals surface area (Å²) in [5.41, 5.74) is 4.93. The predicted molar refractivity (Wildman–Crippen MR) is 145 cm³/mol. The number of hydrogen-bond donors (Lipinski definition) is 0. The molecule has 188 valence electrons. The number of benzene rings is 2. The summed E-state index contributed by atoms with van der Waals surface area (Å²) in [5, 5.41) is 5.27. The molecule has 1 aliphatic heterocycles. The van der Waals surface area contributed by atoms with Crippen LogP contribution in [0.15, 0.2) is 75.7 Å². The molecule has 0 amide bonds. The molecule has 0 aliphatic carbocycles. The van der Waals surface area contributed by atoms with Crippen LogP contribution in [0.25, 0.3) is 11.8 Å². The van der Waals surface area contributed by atoms with E-state index in [4.69, 9.17) is 21.4 Å². The molecule has 0 unspecified atom stereocenters. The third kappa shape index (κ3) is 4.47. The molecule has 7 nitrogen and oxygen atoms in total. The minimum Gasteiger partial charge on any atom is -0.463 e. The smallest absolute Gasteiger partial charge is 0.338 e. The molecule has 37 heavy (non-hydrogen) atoms. The van der Waals surface area contributed by atoms with E-state index in [1.165, 1.54) is 11.3 Å². The Hall–Kier alpha value is -3.75. The largest absolute Gasteiger partial charge is 0.463 e. The first-order valence-corrected chi connectivity index (χ1v) is 13.1. The van der Waals surface area contributed by atoms with Gasteiger partial charge in [-0.2, -0.15) is 5.10 Å². The van der Waals surface area contributed by atoms with Gasteiger partial charge in [-0.25, -0.2) is 14.5 Å². The summed E-state index contributed by atoms with van der Waals surface area (Å²) in [7, 11) is 0. The van der Waals surface area contributed by atoms with Gasteiger partial charge in [-0.15, -0.1) is 0 Å². The fraction of sp³-hybridized carbons (Fsp3) is 0.214. The zero-order valence-corrected chi connectivity index (χ0v) is 22.4. The molecule has 2 aromatic carbocycles. The number of fused-ring (bicyclic) bond motifs is 1. The third-order valence-electron chi connectivity index (χ3n) is 6.33.